The summed E-state index contributed by atoms with van der Waals surface area (Å²) >= 11 is 0. The Morgan fingerprint density at radius 3 is 1.51 bits per heavy atom. The highest BCUT2D eigenvalue weighted by atomic mass is 31.2. The minimum absolute atomic E-state index is 0.156. The number of aliphatic hydroxyl groups excluding tert-OH is 4. The number of unbranched alkanes of at least 4 members (excludes halogenated alkanes) is 6. The number of phosphoric acid groups is 1. The van der Waals surface area contributed by atoms with Crippen molar-refractivity contribution in [1.29, 1.82) is 0 Å². The molecule has 1 rings (SSSR count). The lowest BCUT2D eigenvalue weighted by atomic mass is 9.87. The van der Waals surface area contributed by atoms with Crippen LogP contribution < -0.4 is 0 Å². The van der Waals surface area contributed by atoms with Crippen molar-refractivity contribution in [3.63, 3.8) is 0 Å². The van der Waals surface area contributed by atoms with Gasteiger partial charge in [-0.05, 0) is 12.8 Å². The van der Waals surface area contributed by atoms with Crippen molar-refractivity contribution >= 4 is 7.82 Å². The molecule has 0 radical (unpaired) electrons. The second-order valence-corrected chi connectivity index (χ2v) is 13.5. The lowest BCUT2D eigenvalue weighted by Crippen LogP contribution is -2.74. The summed E-state index contributed by atoms with van der Waals surface area (Å²) in [4.78, 5) is 10.0. The van der Waals surface area contributed by atoms with Gasteiger partial charge in [0.25, 0.3) is 0 Å². The zero-order valence-corrected chi connectivity index (χ0v) is 27.9. The molecule has 53 heavy (non-hydrogen) atoms. The van der Waals surface area contributed by atoms with Crippen LogP contribution in [0.5, 0.6) is 0 Å². The molecule has 0 bridgehead atoms. The number of ether oxygens (including phenoxy) is 1. The summed E-state index contributed by atoms with van der Waals surface area (Å²) in [7, 11) is -5.68. The molecule has 27 heteroatoms. The molecule has 1 aliphatic rings. The van der Waals surface area contributed by atoms with Crippen LogP contribution in [0.15, 0.2) is 0 Å². The molecule has 1 saturated heterocycles. The van der Waals surface area contributed by atoms with Crippen LogP contribution in [-0.4, -0.2) is 116 Å². The molecule has 0 amide bonds. The highest BCUT2D eigenvalue weighted by molar-refractivity contribution is 7.47. The number of rotatable bonds is 22. The zero-order chi connectivity index (χ0) is 41.9. The molecule has 5 N–H and O–H groups in total. The van der Waals surface area contributed by atoms with Gasteiger partial charge in [0, 0.05) is 6.42 Å². The molecule has 0 aromatic heterocycles. The van der Waals surface area contributed by atoms with Gasteiger partial charge in [-0.1, -0.05) is 51.9 Å². The van der Waals surface area contributed by atoms with Crippen molar-refractivity contribution in [2.24, 2.45) is 0 Å². The molecular formula is C26H36F17O9P. The van der Waals surface area contributed by atoms with Crippen LogP contribution in [0.4, 0.5) is 74.6 Å². The topological polar surface area (TPSA) is 146 Å². The quantitative estimate of drug-likeness (QED) is 0.0434. The van der Waals surface area contributed by atoms with Crippen molar-refractivity contribution in [2.75, 3.05) is 6.61 Å². The Kier molecular flexibility index (Phi) is 16.4. The monoisotopic (exact) mass is 846 g/mol. The van der Waals surface area contributed by atoms with E-state index in [1.165, 1.54) is 0 Å². The standard InChI is InChI=1S/C26H36F17O9P/c1-2-3-4-5-6-7-8-9-13(52-53(48,49)50-12-14-15(44)16(45)17(46)18(47)51-14)10-11-19(27,28)20(29,30)21(31,32)22(33,34)23(35,36)24(37,38)25(39,40)26(41,42)43/h13-18,44-47H,2-12H2,1H3,(H,48,49)/t13?,14-,15-,16+,17+,18+/m1/s1. The van der Waals surface area contributed by atoms with E-state index < -0.39 is 118 Å². The Balaban J connectivity index is 3.31. The van der Waals surface area contributed by atoms with Gasteiger partial charge in [0.15, 0.2) is 6.29 Å². The van der Waals surface area contributed by atoms with Crippen LogP contribution in [0, 0.1) is 0 Å². The number of halogens is 17. The molecule has 0 aromatic rings. The average molecular weight is 847 g/mol. The molecule has 2 unspecified atom stereocenters. The lowest BCUT2D eigenvalue weighted by molar-refractivity contribution is -0.461. The molecule has 0 spiro atoms. The Labute approximate surface area is 289 Å². The summed E-state index contributed by atoms with van der Waals surface area (Å²) in [6.45, 7) is 0.539. The van der Waals surface area contributed by atoms with Crippen molar-refractivity contribution in [3.8, 4) is 0 Å². The van der Waals surface area contributed by atoms with Crippen LogP contribution in [0.1, 0.15) is 71.1 Å². The second-order valence-electron chi connectivity index (χ2n) is 12.1. The van der Waals surface area contributed by atoms with Gasteiger partial charge in [0.05, 0.1) is 12.7 Å². The molecule has 318 valence electrons. The fourth-order valence-corrected chi connectivity index (χ4v) is 5.71. The highest BCUT2D eigenvalue weighted by Gasteiger charge is 2.95. The van der Waals surface area contributed by atoms with Crippen molar-refractivity contribution < 1.29 is 118 Å². The van der Waals surface area contributed by atoms with Crippen LogP contribution in [-0.2, 0) is 18.3 Å². The Bertz CT molecular complexity index is 1210. The van der Waals surface area contributed by atoms with Gasteiger partial charge in [-0.15, -0.1) is 0 Å². The second kappa shape index (κ2) is 17.5. The molecular weight excluding hydrogens is 810 g/mol. The summed E-state index contributed by atoms with van der Waals surface area (Å²) in [5, 5.41) is 38.5. The fraction of sp³-hybridized carbons (Fsp3) is 1.00. The molecule has 1 heterocycles. The van der Waals surface area contributed by atoms with Gasteiger partial charge < -0.3 is 30.1 Å². The van der Waals surface area contributed by atoms with E-state index in [0.29, 0.717) is 19.3 Å². The summed E-state index contributed by atoms with van der Waals surface area (Å²) in [6.07, 6.45) is -23.0. The van der Waals surface area contributed by atoms with Crippen molar-refractivity contribution in [3.05, 3.63) is 0 Å². The third-order valence-corrected chi connectivity index (χ3v) is 9.11. The molecule has 0 saturated carbocycles. The van der Waals surface area contributed by atoms with E-state index in [1.54, 1.807) is 0 Å². The third-order valence-electron chi connectivity index (χ3n) is 8.07. The molecule has 0 aromatic carbocycles. The third kappa shape index (κ3) is 10.4. The maximum atomic E-state index is 14.6. The largest absolute Gasteiger partial charge is 0.472 e. The van der Waals surface area contributed by atoms with Gasteiger partial charge in [-0.25, -0.2) is 4.57 Å². The maximum Gasteiger partial charge on any atom is 0.472 e. The van der Waals surface area contributed by atoms with E-state index in [2.05, 4.69) is 13.8 Å². The van der Waals surface area contributed by atoms with E-state index >= 15 is 0 Å². The van der Waals surface area contributed by atoms with Crippen LogP contribution in [0.25, 0.3) is 0 Å². The van der Waals surface area contributed by atoms with Gasteiger partial charge in [0.2, 0.25) is 0 Å². The zero-order valence-electron chi connectivity index (χ0n) is 27.0. The first-order valence-electron chi connectivity index (χ1n) is 15.4. The van der Waals surface area contributed by atoms with E-state index in [9.17, 15) is 105 Å². The van der Waals surface area contributed by atoms with Crippen molar-refractivity contribution in [1.82, 2.24) is 0 Å². The number of hydrogen-bond acceptors (Lipinski definition) is 8. The van der Waals surface area contributed by atoms with E-state index in [0.717, 1.165) is 12.8 Å². The number of phosphoric ester groups is 1. The minimum atomic E-state index is -8.79. The van der Waals surface area contributed by atoms with Gasteiger partial charge >= 0.3 is 55.5 Å². The first-order valence-corrected chi connectivity index (χ1v) is 16.9. The lowest BCUT2D eigenvalue weighted by Gasteiger charge is -2.43. The van der Waals surface area contributed by atoms with Crippen molar-refractivity contribution in [2.45, 2.75) is 156 Å². The van der Waals surface area contributed by atoms with Gasteiger partial charge in [0.1, 0.15) is 24.4 Å². The Morgan fingerprint density at radius 1 is 0.604 bits per heavy atom. The van der Waals surface area contributed by atoms with E-state index in [-0.39, 0.29) is 12.8 Å². The smallest absolute Gasteiger partial charge is 0.387 e. The SMILES string of the molecule is CCCCCCCCCC(CCC(F)(F)C(F)(F)C(F)(F)C(F)(F)C(F)(F)C(F)(F)C(F)(F)C(F)(F)F)OP(=O)(O)OC[C@H]1O[C@H](O)[C@@H](O)[C@@H](O)[C@@H]1O. The van der Waals surface area contributed by atoms with Crippen LogP contribution in [0.3, 0.4) is 0 Å². The predicted octanol–water partition coefficient (Wildman–Crippen LogP) is 7.22. The fourth-order valence-electron chi connectivity index (χ4n) is 4.73. The van der Waals surface area contributed by atoms with Gasteiger partial charge in [-0.3, -0.25) is 9.05 Å². The van der Waals surface area contributed by atoms with Crippen LogP contribution in [0.2, 0.25) is 0 Å². The highest BCUT2D eigenvalue weighted by Crippen LogP contribution is 2.64. The van der Waals surface area contributed by atoms with Crippen LogP contribution >= 0.6 is 7.82 Å². The normalized spacial score (nSPS) is 25.0. The average Bonchev–Trinajstić information content (AvgIpc) is 3.01. The molecule has 9 nitrogen and oxygen atoms in total. The molecule has 0 aliphatic carbocycles. The molecule has 1 fully saturated rings. The van der Waals surface area contributed by atoms with Gasteiger partial charge in [-0.2, -0.15) is 74.6 Å². The van der Waals surface area contributed by atoms with E-state index in [4.69, 9.17) is 0 Å². The predicted molar refractivity (Wildman–Crippen MR) is 142 cm³/mol. The number of alkyl halides is 17. The molecule has 7 atom stereocenters. The summed E-state index contributed by atoms with van der Waals surface area (Å²) < 4.78 is 258. The summed E-state index contributed by atoms with van der Waals surface area (Å²) in [6, 6.07) is 0. The first-order chi connectivity index (χ1) is 23.6. The number of aliphatic hydroxyl groups is 4. The number of hydrogen-bond donors (Lipinski definition) is 5. The Morgan fingerprint density at radius 2 is 1.04 bits per heavy atom. The Hall–Kier alpha value is -1.28. The van der Waals surface area contributed by atoms with E-state index in [1.807, 2.05) is 6.92 Å². The summed E-state index contributed by atoms with van der Waals surface area (Å²) in [5.41, 5.74) is 0. The summed E-state index contributed by atoms with van der Waals surface area (Å²) in [5.74, 6) is -57.7. The minimum Gasteiger partial charge on any atom is -0.387 e. The first kappa shape index (κ1) is 49.7. The molecule has 1 aliphatic heterocycles. The maximum absolute atomic E-state index is 14.6.